The Kier molecular flexibility index (Phi) is 6.50. The topological polar surface area (TPSA) is 87.9 Å². The first-order chi connectivity index (χ1) is 15.1. The number of ether oxygens (including phenoxy) is 3. The molecule has 7 nitrogen and oxygen atoms in total. The average molecular weight is 423 g/mol. The zero-order valence-electron chi connectivity index (χ0n) is 17.5. The van der Waals surface area contributed by atoms with Gasteiger partial charge < -0.3 is 18.7 Å². The molecule has 7 heteroatoms. The highest BCUT2D eigenvalue weighted by atomic mass is 16.5. The molecule has 1 heterocycles. The lowest BCUT2D eigenvalue weighted by atomic mass is 9.89. The summed E-state index contributed by atoms with van der Waals surface area (Å²) in [5, 5.41) is 4.87. The molecule has 0 saturated heterocycles. The van der Waals surface area contributed by atoms with Crippen molar-refractivity contribution in [2.45, 2.75) is 45.6 Å². The number of benzene rings is 2. The van der Waals surface area contributed by atoms with Gasteiger partial charge in [-0.05, 0) is 56.2 Å². The van der Waals surface area contributed by atoms with Gasteiger partial charge in [-0.2, -0.15) is 0 Å². The Hall–Kier alpha value is -3.35. The van der Waals surface area contributed by atoms with Crippen molar-refractivity contribution in [1.82, 2.24) is 5.16 Å². The fraction of sp³-hybridized carbons (Fsp3) is 0.375. The van der Waals surface area contributed by atoms with Crippen LogP contribution in [0.15, 0.2) is 47.0 Å². The number of rotatable bonds is 7. The smallest absolute Gasteiger partial charge is 0.338 e. The van der Waals surface area contributed by atoms with Crippen LogP contribution in [0.25, 0.3) is 11.0 Å². The first-order valence-electron chi connectivity index (χ1n) is 10.6. The quantitative estimate of drug-likeness (QED) is 0.387. The molecule has 4 rings (SSSR count). The zero-order chi connectivity index (χ0) is 21.6. The molecule has 1 aliphatic rings. The second-order valence-corrected chi connectivity index (χ2v) is 7.58. The number of aromatic nitrogens is 1. The lowest BCUT2D eigenvalue weighted by molar-refractivity contribution is -0.139. The van der Waals surface area contributed by atoms with Gasteiger partial charge in [-0.3, -0.25) is 4.79 Å². The highest BCUT2D eigenvalue weighted by molar-refractivity contribution is 5.89. The summed E-state index contributed by atoms with van der Waals surface area (Å²) in [5.74, 6) is 0.506. The van der Waals surface area contributed by atoms with Crippen LogP contribution >= 0.6 is 0 Å². The molecule has 3 aromatic rings. The van der Waals surface area contributed by atoms with Crippen LogP contribution in [0, 0.1) is 5.92 Å². The van der Waals surface area contributed by atoms with E-state index < -0.39 is 0 Å². The molecule has 31 heavy (non-hydrogen) atoms. The van der Waals surface area contributed by atoms with Gasteiger partial charge in [0.1, 0.15) is 23.8 Å². The molecular formula is C24H25NO6. The molecule has 1 aliphatic carbocycles. The fourth-order valence-corrected chi connectivity index (χ4v) is 3.73. The number of hydrogen-bond acceptors (Lipinski definition) is 7. The van der Waals surface area contributed by atoms with Crippen LogP contribution in [0.2, 0.25) is 0 Å². The van der Waals surface area contributed by atoms with Gasteiger partial charge in [0.15, 0.2) is 5.58 Å². The van der Waals surface area contributed by atoms with Crippen molar-refractivity contribution in [3.63, 3.8) is 0 Å². The first-order valence-corrected chi connectivity index (χ1v) is 10.6. The van der Waals surface area contributed by atoms with Crippen molar-refractivity contribution in [1.29, 1.82) is 0 Å². The Morgan fingerprint density at radius 3 is 2.52 bits per heavy atom. The second kappa shape index (κ2) is 9.64. The lowest BCUT2D eigenvalue weighted by Crippen LogP contribution is -2.22. The predicted molar refractivity (Wildman–Crippen MR) is 113 cm³/mol. The molecule has 1 saturated carbocycles. The third-order valence-corrected chi connectivity index (χ3v) is 5.42. The molecule has 0 spiro atoms. The van der Waals surface area contributed by atoms with E-state index in [1.807, 2.05) is 6.07 Å². The monoisotopic (exact) mass is 423 g/mol. The van der Waals surface area contributed by atoms with Gasteiger partial charge >= 0.3 is 11.9 Å². The van der Waals surface area contributed by atoms with Crippen LogP contribution in [-0.2, 0) is 16.1 Å². The van der Waals surface area contributed by atoms with Gasteiger partial charge in [-0.25, -0.2) is 4.79 Å². The normalized spacial score (nSPS) is 14.4. The van der Waals surface area contributed by atoms with E-state index in [9.17, 15) is 9.59 Å². The second-order valence-electron chi connectivity index (χ2n) is 7.58. The maximum absolute atomic E-state index is 12.4. The Labute approximate surface area is 180 Å². The van der Waals surface area contributed by atoms with Crippen LogP contribution in [0.1, 0.15) is 55.1 Å². The number of nitrogens with zero attached hydrogens (tertiary/aromatic N) is 1. The van der Waals surface area contributed by atoms with Crippen molar-refractivity contribution in [3.8, 4) is 11.5 Å². The Bertz CT molecular complexity index is 1050. The molecule has 2 aromatic carbocycles. The van der Waals surface area contributed by atoms with Crippen LogP contribution < -0.4 is 9.47 Å². The molecule has 0 atom stereocenters. The lowest BCUT2D eigenvalue weighted by Gasteiger charge is -2.19. The van der Waals surface area contributed by atoms with Crippen molar-refractivity contribution < 1.29 is 28.3 Å². The Balaban J connectivity index is 1.38. The number of carbonyl (C=O) groups is 2. The van der Waals surface area contributed by atoms with E-state index in [1.54, 1.807) is 43.3 Å². The summed E-state index contributed by atoms with van der Waals surface area (Å²) in [4.78, 5) is 24.1. The minimum atomic E-state index is -0.364. The minimum absolute atomic E-state index is 0.0154. The van der Waals surface area contributed by atoms with Crippen molar-refractivity contribution in [2.75, 3.05) is 6.61 Å². The molecule has 1 aromatic heterocycles. The van der Waals surface area contributed by atoms with E-state index in [4.69, 9.17) is 18.7 Å². The van der Waals surface area contributed by atoms with Gasteiger partial charge in [-0.1, -0.05) is 24.4 Å². The maximum Gasteiger partial charge on any atom is 0.338 e. The molecule has 162 valence electrons. The van der Waals surface area contributed by atoms with E-state index in [1.165, 1.54) is 6.42 Å². The zero-order valence-corrected chi connectivity index (χ0v) is 17.5. The van der Waals surface area contributed by atoms with Crippen LogP contribution in [0.4, 0.5) is 0 Å². The van der Waals surface area contributed by atoms with E-state index >= 15 is 0 Å². The standard InChI is InChI=1S/C24H25NO6/c1-2-28-23(26)17-8-10-18(11-9-17)29-15-21-20-13-12-19(14-22(20)31-25-21)30-24(27)16-6-4-3-5-7-16/h8-14,16H,2-7,15H2,1H3. The molecule has 0 radical (unpaired) electrons. The molecule has 0 bridgehead atoms. The number of fused-ring (bicyclic) bond motifs is 1. The number of esters is 2. The Morgan fingerprint density at radius 2 is 1.77 bits per heavy atom. The minimum Gasteiger partial charge on any atom is -0.487 e. The molecule has 0 unspecified atom stereocenters. The summed E-state index contributed by atoms with van der Waals surface area (Å²) in [6.07, 6.45) is 5.14. The van der Waals surface area contributed by atoms with Gasteiger partial charge in [0.2, 0.25) is 0 Å². The Morgan fingerprint density at radius 1 is 1.03 bits per heavy atom. The van der Waals surface area contributed by atoms with E-state index in [0.717, 1.165) is 31.1 Å². The van der Waals surface area contributed by atoms with E-state index in [-0.39, 0.29) is 24.5 Å². The van der Waals surface area contributed by atoms with Gasteiger partial charge in [0, 0.05) is 11.5 Å². The van der Waals surface area contributed by atoms with E-state index in [2.05, 4.69) is 5.16 Å². The molecule has 0 amide bonds. The van der Waals surface area contributed by atoms with E-state index in [0.29, 0.717) is 34.9 Å². The molecular weight excluding hydrogens is 398 g/mol. The van der Waals surface area contributed by atoms with Gasteiger partial charge in [0.05, 0.1) is 18.1 Å². The highest BCUT2D eigenvalue weighted by Gasteiger charge is 2.23. The van der Waals surface area contributed by atoms with Crippen LogP contribution in [0.3, 0.4) is 0 Å². The predicted octanol–water partition coefficient (Wildman–Crippen LogP) is 5.07. The number of hydrogen-bond donors (Lipinski definition) is 0. The molecule has 0 N–H and O–H groups in total. The average Bonchev–Trinajstić information content (AvgIpc) is 3.21. The summed E-state index contributed by atoms with van der Waals surface area (Å²) in [6.45, 7) is 2.30. The van der Waals surface area contributed by atoms with Crippen molar-refractivity contribution in [2.24, 2.45) is 5.92 Å². The van der Waals surface area contributed by atoms with Crippen LogP contribution in [0.5, 0.6) is 11.5 Å². The number of carbonyl (C=O) groups excluding carboxylic acids is 2. The fourth-order valence-electron chi connectivity index (χ4n) is 3.73. The van der Waals surface area contributed by atoms with Crippen LogP contribution in [-0.4, -0.2) is 23.7 Å². The largest absolute Gasteiger partial charge is 0.487 e. The molecule has 1 fully saturated rings. The summed E-state index contributed by atoms with van der Waals surface area (Å²) >= 11 is 0. The van der Waals surface area contributed by atoms with Crippen molar-refractivity contribution in [3.05, 3.63) is 53.7 Å². The summed E-state index contributed by atoms with van der Waals surface area (Å²) in [5.41, 5.74) is 1.64. The van der Waals surface area contributed by atoms with Crippen molar-refractivity contribution >= 4 is 22.9 Å². The molecule has 0 aliphatic heterocycles. The maximum atomic E-state index is 12.4. The summed E-state index contributed by atoms with van der Waals surface area (Å²) in [6, 6.07) is 12.0. The summed E-state index contributed by atoms with van der Waals surface area (Å²) in [7, 11) is 0. The third kappa shape index (κ3) is 5.05. The van der Waals surface area contributed by atoms with Gasteiger partial charge in [-0.15, -0.1) is 0 Å². The van der Waals surface area contributed by atoms with Gasteiger partial charge in [0.25, 0.3) is 0 Å². The summed E-state index contributed by atoms with van der Waals surface area (Å²) < 4.78 is 21.7. The highest BCUT2D eigenvalue weighted by Crippen LogP contribution is 2.28. The third-order valence-electron chi connectivity index (χ3n) is 5.42. The SMILES string of the molecule is CCOC(=O)c1ccc(OCc2noc3cc(OC(=O)C4CCCCC4)ccc23)cc1. The first kappa shape index (κ1) is 20.9.